The van der Waals surface area contributed by atoms with E-state index in [4.69, 9.17) is 0 Å². The molecular formula is C17H25NO. The Hall–Kier alpha value is -1.15. The minimum Gasteiger partial charge on any atom is -0.317 e. The fourth-order valence-electron chi connectivity index (χ4n) is 2.73. The minimum absolute atomic E-state index is 0.393. The zero-order valence-corrected chi connectivity index (χ0v) is 12.1. The first-order chi connectivity index (χ1) is 9.15. The summed E-state index contributed by atoms with van der Waals surface area (Å²) in [5, 5.41) is 3.34. The Kier molecular flexibility index (Phi) is 5.15. The predicted octanol–water partition coefficient (Wildman–Crippen LogP) is 3.31. The molecule has 1 aromatic rings. The summed E-state index contributed by atoms with van der Waals surface area (Å²) in [4.78, 5) is 12.1. The number of ketones is 1. The first-order valence-electron chi connectivity index (χ1n) is 7.46. The third-order valence-electron chi connectivity index (χ3n) is 4.02. The van der Waals surface area contributed by atoms with Crippen LogP contribution < -0.4 is 5.32 Å². The average molecular weight is 259 g/mol. The zero-order valence-electron chi connectivity index (χ0n) is 12.1. The van der Waals surface area contributed by atoms with Crippen LogP contribution in [0.2, 0.25) is 0 Å². The second-order valence-electron chi connectivity index (χ2n) is 6.01. The molecule has 2 nitrogen and oxygen atoms in total. The molecule has 0 saturated carbocycles. The maximum absolute atomic E-state index is 12.1. The Morgan fingerprint density at radius 2 is 1.84 bits per heavy atom. The molecule has 2 heteroatoms. The van der Waals surface area contributed by atoms with Crippen molar-refractivity contribution >= 4 is 5.78 Å². The molecule has 1 N–H and O–H groups in total. The second-order valence-corrected chi connectivity index (χ2v) is 6.01. The quantitative estimate of drug-likeness (QED) is 0.879. The van der Waals surface area contributed by atoms with Gasteiger partial charge >= 0.3 is 0 Å². The van der Waals surface area contributed by atoms with Crippen molar-refractivity contribution in [1.82, 2.24) is 5.32 Å². The van der Waals surface area contributed by atoms with Gasteiger partial charge in [-0.2, -0.15) is 0 Å². The van der Waals surface area contributed by atoms with Crippen molar-refractivity contribution in [1.29, 1.82) is 0 Å². The smallest absolute Gasteiger partial charge is 0.137 e. The van der Waals surface area contributed by atoms with Crippen molar-refractivity contribution in [2.45, 2.75) is 45.4 Å². The largest absolute Gasteiger partial charge is 0.317 e. The van der Waals surface area contributed by atoms with E-state index >= 15 is 0 Å². The van der Waals surface area contributed by atoms with E-state index in [2.05, 4.69) is 43.4 Å². The maximum atomic E-state index is 12.1. The Balaban J connectivity index is 1.84. The van der Waals surface area contributed by atoms with Crippen molar-refractivity contribution in [2.75, 3.05) is 13.1 Å². The topological polar surface area (TPSA) is 29.1 Å². The lowest BCUT2D eigenvalue weighted by molar-refractivity contribution is -0.119. The van der Waals surface area contributed by atoms with E-state index in [1.54, 1.807) is 0 Å². The summed E-state index contributed by atoms with van der Waals surface area (Å²) in [5.74, 6) is 1.55. The number of hydrogen-bond donors (Lipinski definition) is 1. The maximum Gasteiger partial charge on any atom is 0.137 e. The van der Waals surface area contributed by atoms with Gasteiger partial charge in [-0.3, -0.25) is 4.79 Å². The van der Waals surface area contributed by atoms with E-state index in [-0.39, 0.29) is 0 Å². The average Bonchev–Trinajstić information content (AvgIpc) is 2.40. The number of rotatable bonds is 5. The molecule has 0 aliphatic carbocycles. The summed E-state index contributed by atoms with van der Waals surface area (Å²) in [6.07, 6.45) is 3.66. The van der Waals surface area contributed by atoms with Crippen LogP contribution in [0.1, 0.15) is 50.2 Å². The molecule has 0 spiro atoms. The number of hydrogen-bond acceptors (Lipinski definition) is 2. The van der Waals surface area contributed by atoms with Crippen LogP contribution in [0.4, 0.5) is 0 Å². The van der Waals surface area contributed by atoms with Gasteiger partial charge in [-0.25, -0.2) is 0 Å². The molecule has 1 heterocycles. The van der Waals surface area contributed by atoms with Crippen molar-refractivity contribution in [3.05, 3.63) is 35.4 Å². The van der Waals surface area contributed by atoms with Gasteiger partial charge in [-0.05, 0) is 48.9 Å². The summed E-state index contributed by atoms with van der Waals surface area (Å²) < 4.78 is 0. The Morgan fingerprint density at radius 3 is 2.42 bits per heavy atom. The molecule has 0 amide bonds. The fraction of sp³-hybridized carbons (Fsp3) is 0.588. The van der Waals surface area contributed by atoms with E-state index in [0.29, 0.717) is 24.0 Å². The molecule has 0 radical (unpaired) electrons. The highest BCUT2D eigenvalue weighted by atomic mass is 16.1. The fourth-order valence-corrected chi connectivity index (χ4v) is 2.73. The zero-order chi connectivity index (χ0) is 13.7. The second kappa shape index (κ2) is 6.85. The van der Waals surface area contributed by atoms with Crippen molar-refractivity contribution in [2.24, 2.45) is 5.92 Å². The van der Waals surface area contributed by atoms with Crippen LogP contribution in [0, 0.1) is 5.92 Å². The lowest BCUT2D eigenvalue weighted by Crippen LogP contribution is -2.29. The highest BCUT2D eigenvalue weighted by molar-refractivity contribution is 5.81. The highest BCUT2D eigenvalue weighted by Crippen LogP contribution is 2.19. The molecule has 1 fully saturated rings. The van der Waals surface area contributed by atoms with Gasteiger partial charge in [-0.15, -0.1) is 0 Å². The number of Topliss-reactive ketones (excluding diaryl/α,β-unsaturated/α-hetero) is 1. The van der Waals surface area contributed by atoms with Crippen LogP contribution in [-0.4, -0.2) is 18.9 Å². The molecule has 104 valence electrons. The molecule has 1 aliphatic heterocycles. The normalized spacial score (nSPS) is 16.8. The molecule has 0 atom stereocenters. The molecule has 0 aromatic heterocycles. The van der Waals surface area contributed by atoms with E-state index < -0.39 is 0 Å². The predicted molar refractivity (Wildman–Crippen MR) is 79.5 cm³/mol. The van der Waals surface area contributed by atoms with Gasteiger partial charge in [-0.1, -0.05) is 38.1 Å². The molecule has 1 aliphatic rings. The summed E-state index contributed by atoms with van der Waals surface area (Å²) in [6, 6.07) is 8.51. The van der Waals surface area contributed by atoms with Gasteiger partial charge in [0.05, 0.1) is 0 Å². The molecule has 0 bridgehead atoms. The van der Waals surface area contributed by atoms with E-state index in [9.17, 15) is 4.79 Å². The summed E-state index contributed by atoms with van der Waals surface area (Å²) in [6.45, 7) is 6.52. The SMILES string of the molecule is CC(C)c1ccc(CC(=O)CC2CCNCC2)cc1. The van der Waals surface area contributed by atoms with Gasteiger partial charge in [0, 0.05) is 12.8 Å². The van der Waals surface area contributed by atoms with Crippen molar-refractivity contribution in [3.63, 3.8) is 0 Å². The van der Waals surface area contributed by atoms with Gasteiger partial charge < -0.3 is 5.32 Å². The van der Waals surface area contributed by atoms with Gasteiger partial charge in [0.25, 0.3) is 0 Å². The lowest BCUT2D eigenvalue weighted by atomic mass is 9.90. The monoisotopic (exact) mass is 259 g/mol. The van der Waals surface area contributed by atoms with Crippen LogP contribution >= 0.6 is 0 Å². The third-order valence-corrected chi connectivity index (χ3v) is 4.02. The van der Waals surface area contributed by atoms with Crippen LogP contribution in [-0.2, 0) is 11.2 Å². The van der Waals surface area contributed by atoms with Crippen LogP contribution in [0.5, 0.6) is 0 Å². The Bertz CT molecular complexity index is 402. The number of carbonyl (C=O) groups is 1. The molecule has 0 unspecified atom stereocenters. The summed E-state index contributed by atoms with van der Waals surface area (Å²) in [7, 11) is 0. The molecule has 2 rings (SSSR count). The van der Waals surface area contributed by atoms with E-state index in [1.807, 2.05) is 0 Å². The standard InChI is InChI=1S/C17H25NO/c1-13(2)16-5-3-14(4-6-16)11-17(19)12-15-7-9-18-10-8-15/h3-6,13,15,18H,7-12H2,1-2H3. The Labute approximate surface area is 116 Å². The first kappa shape index (κ1) is 14.3. The number of benzene rings is 1. The molecule has 1 aromatic carbocycles. The minimum atomic E-state index is 0.393. The lowest BCUT2D eigenvalue weighted by Gasteiger charge is -2.21. The van der Waals surface area contributed by atoms with Gasteiger partial charge in [0.15, 0.2) is 0 Å². The first-order valence-corrected chi connectivity index (χ1v) is 7.46. The van der Waals surface area contributed by atoms with Gasteiger partial charge in [0.2, 0.25) is 0 Å². The van der Waals surface area contributed by atoms with Crippen LogP contribution in [0.25, 0.3) is 0 Å². The number of carbonyl (C=O) groups excluding carboxylic acids is 1. The van der Waals surface area contributed by atoms with Crippen molar-refractivity contribution < 1.29 is 4.79 Å². The van der Waals surface area contributed by atoms with E-state index in [0.717, 1.165) is 37.9 Å². The summed E-state index contributed by atoms with van der Waals surface area (Å²) in [5.41, 5.74) is 2.50. The highest BCUT2D eigenvalue weighted by Gasteiger charge is 2.16. The number of nitrogens with one attached hydrogen (secondary N) is 1. The Morgan fingerprint density at radius 1 is 1.21 bits per heavy atom. The van der Waals surface area contributed by atoms with Crippen LogP contribution in [0.15, 0.2) is 24.3 Å². The number of piperidine rings is 1. The molecule has 19 heavy (non-hydrogen) atoms. The molecular weight excluding hydrogens is 234 g/mol. The van der Waals surface area contributed by atoms with Crippen molar-refractivity contribution in [3.8, 4) is 0 Å². The third kappa shape index (κ3) is 4.46. The molecule has 1 saturated heterocycles. The van der Waals surface area contributed by atoms with E-state index in [1.165, 1.54) is 5.56 Å². The van der Waals surface area contributed by atoms with Crippen LogP contribution in [0.3, 0.4) is 0 Å². The summed E-state index contributed by atoms with van der Waals surface area (Å²) >= 11 is 0. The van der Waals surface area contributed by atoms with Gasteiger partial charge in [0.1, 0.15) is 5.78 Å².